The third-order valence-corrected chi connectivity index (χ3v) is 10.5. The van der Waals surface area contributed by atoms with Crippen molar-refractivity contribution in [1.82, 2.24) is 25.8 Å². The highest BCUT2D eigenvalue weighted by atomic mass is 19.1. The van der Waals surface area contributed by atoms with Crippen LogP contribution in [0.15, 0.2) is 12.1 Å². The number of hydrogen-bond donors (Lipinski definition) is 4. The second-order valence-electron chi connectivity index (χ2n) is 14.8. The fourth-order valence-corrected chi connectivity index (χ4v) is 8.04. The normalized spacial score (nSPS) is 25.4. The number of piperazine rings is 1. The van der Waals surface area contributed by atoms with Gasteiger partial charge in [-0.2, -0.15) is 0 Å². The molecular formula is C34H49F2N5O6. The number of carboxylic acid groups (broad SMARTS) is 1. The van der Waals surface area contributed by atoms with E-state index in [0.29, 0.717) is 13.1 Å². The van der Waals surface area contributed by atoms with E-state index in [-0.39, 0.29) is 42.2 Å². The van der Waals surface area contributed by atoms with E-state index in [2.05, 4.69) is 20.9 Å². The van der Waals surface area contributed by atoms with Gasteiger partial charge in [-0.1, -0.05) is 47.0 Å². The Morgan fingerprint density at radius 3 is 2.38 bits per heavy atom. The second-order valence-corrected chi connectivity index (χ2v) is 14.8. The van der Waals surface area contributed by atoms with E-state index < -0.39 is 65.0 Å². The molecule has 6 atom stereocenters. The zero-order valence-corrected chi connectivity index (χ0v) is 27.8. The zero-order valence-electron chi connectivity index (χ0n) is 27.8. The molecule has 1 saturated carbocycles. The van der Waals surface area contributed by atoms with Gasteiger partial charge >= 0.3 is 6.09 Å². The lowest BCUT2D eigenvalue weighted by atomic mass is 9.78. The fraction of sp³-hybridized carbons (Fsp3) is 0.706. The number of carbonyl (C=O) groups excluding carboxylic acids is 3. The summed E-state index contributed by atoms with van der Waals surface area (Å²) < 4.78 is 34.3. The summed E-state index contributed by atoms with van der Waals surface area (Å²) >= 11 is 0. The molecule has 0 bridgehead atoms. The van der Waals surface area contributed by atoms with E-state index in [1.54, 1.807) is 11.8 Å². The van der Waals surface area contributed by atoms with Gasteiger partial charge in [0.1, 0.15) is 29.5 Å². The van der Waals surface area contributed by atoms with E-state index in [4.69, 9.17) is 4.74 Å². The molecule has 0 spiro atoms. The average Bonchev–Trinajstić information content (AvgIpc) is 3.48. The first-order valence-corrected chi connectivity index (χ1v) is 17.0. The lowest BCUT2D eigenvalue weighted by molar-refractivity contribution is -0.150. The lowest BCUT2D eigenvalue weighted by Gasteiger charge is -2.45. The van der Waals surface area contributed by atoms with Crippen molar-refractivity contribution < 1.29 is 37.8 Å². The number of amides is 4. The molecule has 3 fully saturated rings. The first-order valence-electron chi connectivity index (χ1n) is 17.0. The monoisotopic (exact) mass is 661 g/mol. The number of hydrogen-bond acceptors (Lipinski definition) is 6. The minimum absolute atomic E-state index is 0.0513. The number of ether oxygens (including phenoxy) is 1. The van der Waals surface area contributed by atoms with Crippen LogP contribution in [-0.2, 0) is 14.4 Å². The average molecular weight is 662 g/mol. The summed E-state index contributed by atoms with van der Waals surface area (Å²) in [6.45, 7) is 8.81. The van der Waals surface area contributed by atoms with E-state index in [1.165, 1.54) is 0 Å². The maximum atomic E-state index is 14.9. The predicted molar refractivity (Wildman–Crippen MR) is 170 cm³/mol. The first kappa shape index (κ1) is 34.8. The van der Waals surface area contributed by atoms with Crippen molar-refractivity contribution in [3.63, 3.8) is 0 Å². The minimum Gasteiger partial charge on any atom is -0.493 e. The molecule has 47 heavy (non-hydrogen) atoms. The topological polar surface area (TPSA) is 140 Å². The summed E-state index contributed by atoms with van der Waals surface area (Å²) in [5, 5.41) is 17.9. The van der Waals surface area contributed by atoms with E-state index in [0.717, 1.165) is 63.6 Å². The highest BCUT2D eigenvalue weighted by Gasteiger charge is 2.46. The van der Waals surface area contributed by atoms with Crippen molar-refractivity contribution in [1.29, 1.82) is 0 Å². The van der Waals surface area contributed by atoms with Gasteiger partial charge in [0.05, 0.1) is 24.1 Å². The maximum absolute atomic E-state index is 14.9. The Bertz CT molecular complexity index is 1350. The molecule has 4 N–H and O–H groups in total. The standard InChI is InChI=1S/C34H49F2N5O6/c1-19(29(34(2,3)4)39-33(45)46)30(42)38-28(20-9-6-5-7-10-20)32(44)41-17-22-11-8-13-40(22)18-25(41)31(43)37-24-12-14-47-26-16-21(35)15-23(36)27(24)26/h15-16,19-20,22,24-25,28-29,39H,5-14,17-18H2,1-4H3,(H,37,43)(H,38,42)(H,45,46)/t19-,22+,24+,25-,28-,29?/m0/s1. The van der Waals surface area contributed by atoms with Gasteiger partial charge in [0.25, 0.3) is 0 Å². The van der Waals surface area contributed by atoms with Crippen molar-refractivity contribution in [2.75, 3.05) is 26.2 Å². The molecule has 1 unspecified atom stereocenters. The molecule has 0 radical (unpaired) electrons. The van der Waals surface area contributed by atoms with Gasteiger partial charge in [-0.3, -0.25) is 19.3 Å². The molecule has 4 aliphatic rings. The third-order valence-electron chi connectivity index (χ3n) is 10.5. The molecule has 3 aliphatic heterocycles. The Hall–Kier alpha value is -3.48. The number of halogens is 2. The third kappa shape index (κ3) is 7.81. The number of benzene rings is 1. The molecule has 0 aromatic heterocycles. The molecular weight excluding hydrogens is 612 g/mol. The number of nitrogens with one attached hydrogen (secondary N) is 3. The lowest BCUT2D eigenvalue weighted by Crippen LogP contribution is -2.66. The van der Waals surface area contributed by atoms with Gasteiger partial charge in [-0.25, -0.2) is 13.6 Å². The molecule has 1 aromatic carbocycles. The highest BCUT2D eigenvalue weighted by Crippen LogP contribution is 2.36. The summed E-state index contributed by atoms with van der Waals surface area (Å²) in [4.78, 5) is 58.0. The van der Waals surface area contributed by atoms with E-state index in [1.807, 2.05) is 20.8 Å². The summed E-state index contributed by atoms with van der Waals surface area (Å²) in [6, 6.07) is -1.28. The Morgan fingerprint density at radius 2 is 1.70 bits per heavy atom. The quantitative estimate of drug-likeness (QED) is 0.331. The van der Waals surface area contributed by atoms with Crippen LogP contribution in [0.2, 0.25) is 0 Å². The molecule has 4 amide bonds. The molecule has 1 aromatic rings. The molecule has 5 rings (SSSR count). The zero-order chi connectivity index (χ0) is 34.0. The van der Waals surface area contributed by atoms with E-state index in [9.17, 15) is 33.1 Å². The molecule has 3 heterocycles. The number of carbonyl (C=O) groups is 4. The maximum Gasteiger partial charge on any atom is 0.404 e. The molecule has 1 aliphatic carbocycles. The summed E-state index contributed by atoms with van der Waals surface area (Å²) in [5.41, 5.74) is -0.487. The minimum atomic E-state index is -1.23. The van der Waals surface area contributed by atoms with Gasteiger partial charge < -0.3 is 30.7 Å². The van der Waals surface area contributed by atoms with E-state index >= 15 is 0 Å². The molecule has 11 nitrogen and oxygen atoms in total. The highest BCUT2D eigenvalue weighted by molar-refractivity contribution is 5.93. The molecule has 13 heteroatoms. The summed E-state index contributed by atoms with van der Waals surface area (Å²) in [7, 11) is 0. The van der Waals surface area contributed by atoms with Crippen molar-refractivity contribution >= 4 is 23.8 Å². The largest absolute Gasteiger partial charge is 0.493 e. The van der Waals surface area contributed by atoms with Crippen LogP contribution in [0.5, 0.6) is 5.75 Å². The van der Waals surface area contributed by atoms with Gasteiger partial charge in [0.2, 0.25) is 17.7 Å². The first-order chi connectivity index (χ1) is 22.2. The summed E-state index contributed by atoms with van der Waals surface area (Å²) in [5.74, 6) is -3.63. The summed E-state index contributed by atoms with van der Waals surface area (Å²) in [6.07, 6.45) is 5.24. The predicted octanol–water partition coefficient (Wildman–Crippen LogP) is 3.96. The van der Waals surface area contributed by atoms with Crippen molar-refractivity contribution in [2.45, 2.75) is 109 Å². The Morgan fingerprint density at radius 1 is 0.979 bits per heavy atom. The number of nitrogens with zero attached hydrogens (tertiary/aromatic N) is 2. The van der Waals surface area contributed by atoms with Crippen LogP contribution < -0.4 is 20.7 Å². The van der Waals surface area contributed by atoms with Crippen LogP contribution in [0, 0.1) is 28.9 Å². The molecule has 2 saturated heterocycles. The number of rotatable bonds is 8. The van der Waals surface area contributed by atoms with Gasteiger partial charge in [0.15, 0.2) is 0 Å². The Labute approximate surface area is 275 Å². The second kappa shape index (κ2) is 14.3. The van der Waals surface area contributed by atoms with Crippen molar-refractivity contribution in [2.24, 2.45) is 17.3 Å². The Balaban J connectivity index is 1.41. The molecule has 260 valence electrons. The fourth-order valence-electron chi connectivity index (χ4n) is 8.04. The van der Waals surface area contributed by atoms with Gasteiger partial charge in [-0.15, -0.1) is 0 Å². The van der Waals surface area contributed by atoms with Crippen LogP contribution in [0.25, 0.3) is 0 Å². The van der Waals surface area contributed by atoms with Crippen molar-refractivity contribution in [3.8, 4) is 5.75 Å². The van der Waals surface area contributed by atoms with Crippen molar-refractivity contribution in [3.05, 3.63) is 29.3 Å². The van der Waals surface area contributed by atoms with Crippen LogP contribution in [-0.4, -0.2) is 89.1 Å². The Kier molecular flexibility index (Phi) is 10.6. The van der Waals surface area contributed by atoms with Crippen LogP contribution in [0.4, 0.5) is 13.6 Å². The smallest absolute Gasteiger partial charge is 0.404 e. The van der Waals surface area contributed by atoms with Crippen LogP contribution in [0.1, 0.15) is 90.7 Å². The van der Waals surface area contributed by atoms with Gasteiger partial charge in [0, 0.05) is 43.7 Å². The van der Waals surface area contributed by atoms with Gasteiger partial charge in [-0.05, 0) is 43.6 Å². The van der Waals surface area contributed by atoms with Crippen LogP contribution >= 0.6 is 0 Å². The SMILES string of the molecule is C[C@H](C(=O)N[C@H](C(=O)N1C[C@H]2CCCN2C[C@H]1C(=O)N[C@@H]1CCOc2cc(F)cc(F)c21)C1CCCCC1)C(NC(=O)O)C(C)(C)C. The van der Waals surface area contributed by atoms with Crippen LogP contribution in [0.3, 0.4) is 0 Å². The number of fused-ring (bicyclic) bond motifs is 2.